The van der Waals surface area contributed by atoms with E-state index in [4.69, 9.17) is 0 Å². The maximum atomic E-state index is 13.1. The molecule has 0 bridgehead atoms. The van der Waals surface area contributed by atoms with Crippen molar-refractivity contribution in [1.29, 1.82) is 0 Å². The molecule has 1 N–H and O–H groups in total. The van der Waals surface area contributed by atoms with Crippen LogP contribution in [0.25, 0.3) is 5.65 Å². The lowest BCUT2D eigenvalue weighted by molar-refractivity contribution is 0.0737. The number of hydrogen-bond acceptors (Lipinski definition) is 4. The van der Waals surface area contributed by atoms with Gasteiger partial charge in [0.05, 0.1) is 6.20 Å². The summed E-state index contributed by atoms with van der Waals surface area (Å²) in [5, 5.41) is 7.50. The molecule has 0 unspecified atom stereocenters. The van der Waals surface area contributed by atoms with Gasteiger partial charge < -0.3 is 10.2 Å². The number of likely N-dealkylation sites (N-methyl/N-ethyl adjacent to an activating group) is 1. The van der Waals surface area contributed by atoms with Gasteiger partial charge in [0.25, 0.3) is 0 Å². The average Bonchev–Trinajstić information content (AvgIpc) is 2.68. The fourth-order valence-corrected chi connectivity index (χ4v) is 2.54. The number of nitrogens with zero attached hydrogens (tertiary/aromatic N) is 4. The highest BCUT2D eigenvalue weighted by Crippen LogP contribution is 2.36. The Hall–Kier alpha value is -1.69. The summed E-state index contributed by atoms with van der Waals surface area (Å²) in [6, 6.07) is 3.01. The Morgan fingerprint density at radius 1 is 1.42 bits per heavy atom. The molecule has 0 radical (unpaired) electrons. The van der Waals surface area contributed by atoms with E-state index in [0.29, 0.717) is 11.6 Å². The second-order valence-electron chi connectivity index (χ2n) is 5.41. The molecule has 3 rings (SSSR count). The highest BCUT2D eigenvalue weighted by atomic mass is 19.1. The van der Waals surface area contributed by atoms with Gasteiger partial charge in [-0.1, -0.05) is 0 Å². The molecule has 0 aromatic carbocycles. The van der Waals surface area contributed by atoms with Gasteiger partial charge in [-0.25, -0.2) is 8.91 Å². The number of nitrogens with one attached hydrogen (secondary N) is 1. The van der Waals surface area contributed by atoms with Crippen LogP contribution in [-0.4, -0.2) is 45.7 Å². The molecule has 0 spiro atoms. The first kappa shape index (κ1) is 12.3. The van der Waals surface area contributed by atoms with E-state index in [-0.39, 0.29) is 11.4 Å². The molecule has 102 valence electrons. The summed E-state index contributed by atoms with van der Waals surface area (Å²) in [4.78, 5) is 6.59. The summed E-state index contributed by atoms with van der Waals surface area (Å²) in [6.45, 7) is 0.819. The summed E-state index contributed by atoms with van der Waals surface area (Å²) >= 11 is 0. The van der Waals surface area contributed by atoms with E-state index in [1.165, 1.54) is 36.0 Å². The van der Waals surface area contributed by atoms with Crippen LogP contribution in [-0.2, 0) is 0 Å². The number of halogens is 1. The van der Waals surface area contributed by atoms with Crippen LogP contribution in [0.3, 0.4) is 0 Å². The molecule has 1 aliphatic carbocycles. The Kier molecular flexibility index (Phi) is 2.89. The van der Waals surface area contributed by atoms with Crippen molar-refractivity contribution in [3.05, 3.63) is 24.1 Å². The van der Waals surface area contributed by atoms with Gasteiger partial charge in [0.2, 0.25) is 5.95 Å². The first-order valence-electron chi connectivity index (χ1n) is 6.52. The Labute approximate surface area is 111 Å². The van der Waals surface area contributed by atoms with Crippen LogP contribution in [0.2, 0.25) is 0 Å². The molecule has 5 nitrogen and oxygen atoms in total. The Bertz CT molecular complexity index is 588. The SMILES string of the molecule is CN(C)C1(CNc2nc3ccc(F)cn3n2)CCC1. The number of aromatic nitrogens is 3. The van der Waals surface area contributed by atoms with Crippen molar-refractivity contribution in [1.82, 2.24) is 19.5 Å². The van der Waals surface area contributed by atoms with Crippen molar-refractivity contribution in [2.45, 2.75) is 24.8 Å². The minimum atomic E-state index is -0.312. The maximum Gasteiger partial charge on any atom is 0.243 e. The Morgan fingerprint density at radius 3 is 2.84 bits per heavy atom. The van der Waals surface area contributed by atoms with Crippen LogP contribution in [0.1, 0.15) is 19.3 Å². The molecule has 2 heterocycles. The van der Waals surface area contributed by atoms with Crippen LogP contribution >= 0.6 is 0 Å². The van der Waals surface area contributed by atoms with Crippen LogP contribution < -0.4 is 5.32 Å². The predicted octanol–water partition coefficient (Wildman–Crippen LogP) is 1.76. The van der Waals surface area contributed by atoms with E-state index in [9.17, 15) is 4.39 Å². The van der Waals surface area contributed by atoms with Gasteiger partial charge in [0.1, 0.15) is 5.82 Å². The molecule has 0 aliphatic heterocycles. The van der Waals surface area contributed by atoms with Crippen molar-refractivity contribution in [3.63, 3.8) is 0 Å². The molecule has 2 aromatic heterocycles. The zero-order chi connectivity index (χ0) is 13.5. The molecule has 19 heavy (non-hydrogen) atoms. The van der Waals surface area contributed by atoms with Gasteiger partial charge in [0, 0.05) is 12.1 Å². The van der Waals surface area contributed by atoms with Crippen molar-refractivity contribution in [2.24, 2.45) is 0 Å². The van der Waals surface area contributed by atoms with E-state index in [2.05, 4.69) is 34.4 Å². The van der Waals surface area contributed by atoms with Gasteiger partial charge in [0.15, 0.2) is 5.65 Å². The number of anilines is 1. The lowest BCUT2D eigenvalue weighted by Gasteiger charge is -2.47. The van der Waals surface area contributed by atoms with Gasteiger partial charge >= 0.3 is 0 Å². The normalized spacial score (nSPS) is 17.7. The molecule has 1 saturated carbocycles. The minimum Gasteiger partial charge on any atom is -0.351 e. The van der Waals surface area contributed by atoms with E-state index >= 15 is 0 Å². The van der Waals surface area contributed by atoms with Gasteiger partial charge in [-0.3, -0.25) is 0 Å². The number of rotatable bonds is 4. The fraction of sp³-hybridized carbons (Fsp3) is 0.538. The highest BCUT2D eigenvalue weighted by Gasteiger charge is 2.38. The van der Waals surface area contributed by atoms with Crippen LogP contribution in [0, 0.1) is 5.82 Å². The first-order chi connectivity index (χ1) is 9.09. The van der Waals surface area contributed by atoms with Crippen LogP contribution in [0.4, 0.5) is 10.3 Å². The second kappa shape index (κ2) is 4.45. The molecule has 0 amide bonds. The highest BCUT2D eigenvalue weighted by molar-refractivity contribution is 5.43. The Balaban J connectivity index is 1.75. The maximum absolute atomic E-state index is 13.1. The van der Waals surface area contributed by atoms with Crippen molar-refractivity contribution < 1.29 is 4.39 Å². The summed E-state index contributed by atoms with van der Waals surface area (Å²) in [6.07, 6.45) is 4.98. The Morgan fingerprint density at radius 2 is 2.21 bits per heavy atom. The molecular formula is C13H18FN5. The number of hydrogen-bond donors (Lipinski definition) is 1. The predicted molar refractivity (Wildman–Crippen MR) is 71.7 cm³/mol. The minimum absolute atomic E-state index is 0.211. The van der Waals surface area contributed by atoms with Crippen molar-refractivity contribution in [2.75, 3.05) is 26.0 Å². The van der Waals surface area contributed by atoms with Gasteiger partial charge in [-0.2, -0.15) is 4.98 Å². The third-order valence-corrected chi connectivity index (χ3v) is 4.10. The summed E-state index contributed by atoms with van der Waals surface area (Å²) in [5.41, 5.74) is 0.860. The first-order valence-corrected chi connectivity index (χ1v) is 6.52. The summed E-state index contributed by atoms with van der Waals surface area (Å²) in [7, 11) is 4.21. The van der Waals surface area contributed by atoms with Crippen molar-refractivity contribution in [3.8, 4) is 0 Å². The lowest BCUT2D eigenvalue weighted by Crippen LogP contribution is -2.54. The zero-order valence-corrected chi connectivity index (χ0v) is 11.2. The van der Waals surface area contributed by atoms with Crippen LogP contribution in [0.15, 0.2) is 18.3 Å². The van der Waals surface area contributed by atoms with Gasteiger partial charge in [-0.05, 0) is 45.5 Å². The number of pyridine rings is 1. The average molecular weight is 263 g/mol. The van der Waals surface area contributed by atoms with Gasteiger partial charge in [-0.15, -0.1) is 5.10 Å². The molecule has 0 atom stereocenters. The number of fused-ring (bicyclic) bond motifs is 1. The largest absolute Gasteiger partial charge is 0.351 e. The van der Waals surface area contributed by atoms with E-state index in [1.807, 2.05) is 0 Å². The molecule has 1 fully saturated rings. The standard InChI is InChI=1S/C13H18FN5/c1-18(2)13(6-3-7-13)9-15-12-16-11-5-4-10(14)8-19(11)17-12/h4-5,8H,3,6-7,9H2,1-2H3,(H,15,17). The third kappa shape index (κ3) is 2.16. The quantitative estimate of drug-likeness (QED) is 0.913. The summed E-state index contributed by atoms with van der Waals surface area (Å²) < 4.78 is 14.5. The smallest absolute Gasteiger partial charge is 0.243 e. The van der Waals surface area contributed by atoms with Crippen molar-refractivity contribution >= 4 is 11.6 Å². The molecule has 1 aliphatic rings. The topological polar surface area (TPSA) is 45.5 Å². The fourth-order valence-electron chi connectivity index (χ4n) is 2.54. The lowest BCUT2D eigenvalue weighted by atomic mass is 9.75. The molecule has 2 aromatic rings. The molecule has 6 heteroatoms. The van der Waals surface area contributed by atoms with E-state index in [0.717, 1.165) is 6.54 Å². The second-order valence-corrected chi connectivity index (χ2v) is 5.41. The van der Waals surface area contributed by atoms with E-state index < -0.39 is 0 Å². The molecule has 0 saturated heterocycles. The van der Waals surface area contributed by atoms with E-state index in [1.54, 1.807) is 6.07 Å². The zero-order valence-electron chi connectivity index (χ0n) is 11.2. The van der Waals surface area contributed by atoms with Crippen LogP contribution in [0.5, 0.6) is 0 Å². The molecular weight excluding hydrogens is 245 g/mol. The summed E-state index contributed by atoms with van der Waals surface area (Å²) in [5.74, 6) is 0.242. The third-order valence-electron chi connectivity index (χ3n) is 4.10. The monoisotopic (exact) mass is 263 g/mol.